The number of para-hydroxylation sites is 1. The van der Waals surface area contributed by atoms with E-state index >= 15 is 0 Å². The van der Waals surface area contributed by atoms with Gasteiger partial charge in [0.25, 0.3) is 5.91 Å². The lowest BCUT2D eigenvalue weighted by Gasteiger charge is -2.19. The average molecular weight is 387 g/mol. The Balaban J connectivity index is 1.77. The maximum Gasteiger partial charge on any atom is 0.260 e. The summed E-state index contributed by atoms with van der Waals surface area (Å²) >= 11 is 0. The molecule has 0 saturated carbocycles. The predicted molar refractivity (Wildman–Crippen MR) is 113 cm³/mol. The maximum absolute atomic E-state index is 13.1. The molecule has 1 fully saturated rings. The molecule has 0 N–H and O–H groups in total. The van der Waals surface area contributed by atoms with Crippen LogP contribution in [0.15, 0.2) is 60.8 Å². The number of hydrogen-bond acceptors (Lipinski definition) is 4. The number of ether oxygens (including phenoxy) is 1. The first-order chi connectivity index (χ1) is 14.1. The number of nitrogens with zero attached hydrogens (tertiary/aromatic N) is 3. The van der Waals surface area contributed by atoms with Crippen LogP contribution in [0.1, 0.15) is 48.5 Å². The second-order valence-corrected chi connectivity index (χ2v) is 7.57. The van der Waals surface area contributed by atoms with Crippen molar-refractivity contribution < 1.29 is 9.53 Å². The first-order valence-electron chi connectivity index (χ1n) is 10.1. The molecule has 1 aliphatic rings. The summed E-state index contributed by atoms with van der Waals surface area (Å²) < 4.78 is 6.25. The lowest BCUT2D eigenvalue weighted by Crippen LogP contribution is -2.28. The number of hydrogen-bond donors (Lipinski definition) is 0. The topological polar surface area (TPSA) is 55.3 Å². The zero-order valence-electron chi connectivity index (χ0n) is 16.8. The van der Waals surface area contributed by atoms with Gasteiger partial charge < -0.3 is 9.64 Å². The van der Waals surface area contributed by atoms with Crippen LogP contribution in [-0.2, 0) is 0 Å². The highest BCUT2D eigenvalue weighted by atomic mass is 16.5. The normalized spacial score (nSPS) is 13.7. The van der Waals surface area contributed by atoms with Gasteiger partial charge in [-0.3, -0.25) is 4.79 Å². The molecule has 2 heterocycles. The zero-order valence-corrected chi connectivity index (χ0v) is 16.8. The van der Waals surface area contributed by atoms with Gasteiger partial charge in [0.05, 0.1) is 0 Å². The van der Waals surface area contributed by atoms with E-state index in [0.29, 0.717) is 23.2 Å². The van der Waals surface area contributed by atoms with E-state index < -0.39 is 0 Å². The Labute approximate surface area is 171 Å². The van der Waals surface area contributed by atoms with E-state index in [4.69, 9.17) is 4.74 Å². The third-order valence-corrected chi connectivity index (χ3v) is 5.16. The number of aromatic nitrogens is 2. The van der Waals surface area contributed by atoms with Crippen LogP contribution in [0.25, 0.3) is 11.4 Å². The highest BCUT2D eigenvalue weighted by Gasteiger charge is 2.25. The van der Waals surface area contributed by atoms with Crippen molar-refractivity contribution in [3.8, 4) is 23.0 Å². The SMILES string of the molecule is CC(C)c1ccccc1Oc1nc(-c2ccccc2)ncc1C(=O)N1CCCC1. The van der Waals surface area contributed by atoms with Crippen LogP contribution in [0.4, 0.5) is 0 Å². The summed E-state index contributed by atoms with van der Waals surface area (Å²) in [4.78, 5) is 24.1. The van der Waals surface area contributed by atoms with Crippen molar-refractivity contribution in [2.45, 2.75) is 32.6 Å². The molecule has 5 nitrogen and oxygen atoms in total. The van der Waals surface area contributed by atoms with Gasteiger partial charge in [0.15, 0.2) is 5.82 Å². The Morgan fingerprint density at radius 1 is 1.00 bits per heavy atom. The second-order valence-electron chi connectivity index (χ2n) is 7.57. The molecular formula is C24H25N3O2. The molecule has 0 unspecified atom stereocenters. The van der Waals surface area contributed by atoms with Crippen molar-refractivity contribution in [1.82, 2.24) is 14.9 Å². The molecule has 0 radical (unpaired) electrons. The summed E-state index contributed by atoms with van der Waals surface area (Å²) in [6, 6.07) is 17.6. The van der Waals surface area contributed by atoms with Gasteiger partial charge in [0.2, 0.25) is 5.88 Å². The van der Waals surface area contributed by atoms with Crippen molar-refractivity contribution in [3.63, 3.8) is 0 Å². The summed E-state index contributed by atoms with van der Waals surface area (Å²) in [6.07, 6.45) is 3.66. The minimum Gasteiger partial charge on any atom is -0.438 e. The summed E-state index contributed by atoms with van der Waals surface area (Å²) in [6.45, 7) is 5.77. The smallest absolute Gasteiger partial charge is 0.260 e. The number of amides is 1. The molecule has 0 atom stereocenters. The molecule has 1 amide bonds. The molecule has 4 rings (SSSR count). The fourth-order valence-corrected chi connectivity index (χ4v) is 3.56. The largest absolute Gasteiger partial charge is 0.438 e. The molecule has 3 aromatic rings. The molecule has 0 aliphatic carbocycles. The molecule has 1 aliphatic heterocycles. The van der Waals surface area contributed by atoms with Gasteiger partial charge in [-0.2, -0.15) is 4.98 Å². The molecule has 0 bridgehead atoms. The van der Waals surface area contributed by atoms with Gasteiger partial charge in [-0.15, -0.1) is 0 Å². The van der Waals surface area contributed by atoms with E-state index in [-0.39, 0.29) is 5.91 Å². The van der Waals surface area contributed by atoms with Crippen molar-refractivity contribution in [3.05, 3.63) is 71.9 Å². The van der Waals surface area contributed by atoms with Gasteiger partial charge in [-0.1, -0.05) is 62.4 Å². The Kier molecular flexibility index (Phi) is 5.56. The predicted octanol–water partition coefficient (Wildman–Crippen LogP) is 5.30. The van der Waals surface area contributed by atoms with Crippen molar-refractivity contribution in [2.24, 2.45) is 0 Å². The summed E-state index contributed by atoms with van der Waals surface area (Å²) in [5.74, 6) is 1.79. The van der Waals surface area contributed by atoms with Crippen LogP contribution in [0.3, 0.4) is 0 Å². The summed E-state index contributed by atoms with van der Waals surface area (Å²) in [5, 5.41) is 0. The van der Waals surface area contributed by atoms with E-state index in [1.54, 1.807) is 6.20 Å². The Hall–Kier alpha value is -3.21. The van der Waals surface area contributed by atoms with E-state index in [1.807, 2.05) is 59.5 Å². The monoisotopic (exact) mass is 387 g/mol. The Morgan fingerprint density at radius 2 is 1.69 bits per heavy atom. The van der Waals surface area contributed by atoms with Crippen LogP contribution in [-0.4, -0.2) is 33.9 Å². The fraction of sp³-hybridized carbons (Fsp3) is 0.292. The van der Waals surface area contributed by atoms with Crippen LogP contribution in [0.2, 0.25) is 0 Å². The van der Waals surface area contributed by atoms with Gasteiger partial charge in [0.1, 0.15) is 11.3 Å². The highest BCUT2D eigenvalue weighted by Crippen LogP contribution is 2.32. The molecule has 5 heteroatoms. The lowest BCUT2D eigenvalue weighted by atomic mass is 10.0. The number of rotatable bonds is 5. The Bertz CT molecular complexity index is 996. The fourth-order valence-electron chi connectivity index (χ4n) is 3.56. The minimum atomic E-state index is -0.0702. The van der Waals surface area contributed by atoms with E-state index in [0.717, 1.165) is 42.8 Å². The first-order valence-corrected chi connectivity index (χ1v) is 10.1. The molecule has 29 heavy (non-hydrogen) atoms. The van der Waals surface area contributed by atoms with E-state index in [1.165, 1.54) is 0 Å². The van der Waals surface area contributed by atoms with Crippen LogP contribution in [0.5, 0.6) is 11.6 Å². The van der Waals surface area contributed by atoms with Crippen LogP contribution < -0.4 is 4.74 Å². The quantitative estimate of drug-likeness (QED) is 0.596. The minimum absolute atomic E-state index is 0.0702. The van der Waals surface area contributed by atoms with E-state index in [9.17, 15) is 4.79 Å². The molecule has 0 spiro atoms. The van der Waals surface area contributed by atoms with Gasteiger partial charge in [0, 0.05) is 24.8 Å². The van der Waals surface area contributed by atoms with Gasteiger partial charge in [-0.05, 0) is 30.4 Å². The number of benzene rings is 2. The van der Waals surface area contributed by atoms with E-state index in [2.05, 4.69) is 23.8 Å². The maximum atomic E-state index is 13.1. The highest BCUT2D eigenvalue weighted by molar-refractivity contribution is 5.96. The summed E-state index contributed by atoms with van der Waals surface area (Å²) in [7, 11) is 0. The third-order valence-electron chi connectivity index (χ3n) is 5.16. The van der Waals surface area contributed by atoms with Gasteiger partial charge in [-0.25, -0.2) is 4.98 Å². The summed E-state index contributed by atoms with van der Waals surface area (Å²) in [5.41, 5.74) is 2.37. The third kappa shape index (κ3) is 4.14. The lowest BCUT2D eigenvalue weighted by molar-refractivity contribution is 0.0789. The number of likely N-dealkylation sites (tertiary alicyclic amines) is 1. The molecule has 1 saturated heterocycles. The zero-order chi connectivity index (χ0) is 20.2. The molecule has 2 aromatic carbocycles. The van der Waals surface area contributed by atoms with Crippen LogP contribution in [0, 0.1) is 0 Å². The first kappa shape index (κ1) is 19.1. The molecule has 1 aromatic heterocycles. The standard InChI is InChI=1S/C24H25N3O2/c1-17(2)19-12-6-7-13-21(19)29-23-20(24(28)27-14-8-9-15-27)16-25-22(26-23)18-10-4-3-5-11-18/h3-7,10-13,16-17H,8-9,14-15H2,1-2H3. The van der Waals surface area contributed by atoms with Crippen molar-refractivity contribution in [1.29, 1.82) is 0 Å². The average Bonchev–Trinajstić information content (AvgIpc) is 3.29. The van der Waals surface area contributed by atoms with Crippen LogP contribution >= 0.6 is 0 Å². The second kappa shape index (κ2) is 8.43. The number of carbonyl (C=O) groups excluding carboxylic acids is 1. The van der Waals surface area contributed by atoms with Crippen molar-refractivity contribution in [2.75, 3.05) is 13.1 Å². The van der Waals surface area contributed by atoms with Crippen molar-refractivity contribution >= 4 is 5.91 Å². The Morgan fingerprint density at radius 3 is 2.41 bits per heavy atom. The molecule has 148 valence electrons. The molecular weight excluding hydrogens is 362 g/mol. The van der Waals surface area contributed by atoms with Gasteiger partial charge >= 0.3 is 0 Å². The number of carbonyl (C=O) groups is 1.